The molecule has 1 N–H and O–H groups in total. The fraction of sp³-hybridized carbons (Fsp3) is 0.500. The summed E-state index contributed by atoms with van der Waals surface area (Å²) in [5.41, 5.74) is 1.13. The number of amides is 1. The molecular weight excluding hydrogens is 258 g/mol. The monoisotopic (exact) mass is 277 g/mol. The number of carbonyl (C=O) groups is 1. The van der Waals surface area contributed by atoms with Crippen molar-refractivity contribution in [2.24, 2.45) is 0 Å². The van der Waals surface area contributed by atoms with Crippen LogP contribution in [0.2, 0.25) is 0 Å². The van der Waals surface area contributed by atoms with Crippen LogP contribution in [0.25, 0.3) is 0 Å². The third-order valence-corrected chi connectivity index (χ3v) is 3.73. The topological polar surface area (TPSA) is 75.5 Å². The van der Waals surface area contributed by atoms with Crippen molar-refractivity contribution in [3.8, 4) is 0 Å². The van der Waals surface area contributed by atoms with E-state index in [0.717, 1.165) is 18.7 Å². The van der Waals surface area contributed by atoms with E-state index in [9.17, 15) is 14.9 Å². The Morgan fingerprint density at radius 3 is 2.50 bits per heavy atom. The lowest BCUT2D eigenvalue weighted by Crippen LogP contribution is -2.57. The Bertz CT molecular complexity index is 534. The largest absolute Gasteiger partial charge is 0.331 e. The van der Waals surface area contributed by atoms with Crippen molar-refractivity contribution in [3.63, 3.8) is 0 Å². The van der Waals surface area contributed by atoms with Crippen molar-refractivity contribution in [1.82, 2.24) is 10.2 Å². The molecule has 0 bridgehead atoms. The van der Waals surface area contributed by atoms with Crippen molar-refractivity contribution >= 4 is 11.6 Å². The van der Waals surface area contributed by atoms with E-state index in [1.54, 1.807) is 13.0 Å². The molecule has 1 aromatic rings. The van der Waals surface area contributed by atoms with Gasteiger partial charge in [0.2, 0.25) is 0 Å². The maximum Gasteiger partial charge on any atom is 0.270 e. The van der Waals surface area contributed by atoms with Gasteiger partial charge in [-0.05, 0) is 26.3 Å². The van der Waals surface area contributed by atoms with E-state index in [1.807, 2.05) is 18.7 Å². The van der Waals surface area contributed by atoms with Crippen LogP contribution in [0.4, 0.5) is 5.69 Å². The number of piperazine rings is 1. The minimum atomic E-state index is -0.471. The highest BCUT2D eigenvalue weighted by molar-refractivity contribution is 5.96. The van der Waals surface area contributed by atoms with E-state index >= 15 is 0 Å². The molecular formula is C14H19N3O3. The Hall–Kier alpha value is -1.95. The molecule has 6 nitrogen and oxygen atoms in total. The smallest absolute Gasteiger partial charge is 0.270 e. The average molecular weight is 277 g/mol. The standard InChI is InChI=1S/C14H19N3O3/c1-9-4-5-12(17(19)20)6-13(9)14(18)16-10(2)7-15-8-11(16)3/h4-6,10-11,15H,7-8H2,1-3H3. The first-order valence-corrected chi connectivity index (χ1v) is 6.70. The summed E-state index contributed by atoms with van der Waals surface area (Å²) in [5.74, 6) is -0.132. The molecule has 1 aromatic carbocycles. The summed E-state index contributed by atoms with van der Waals surface area (Å²) >= 11 is 0. The Morgan fingerprint density at radius 1 is 1.35 bits per heavy atom. The second kappa shape index (κ2) is 5.58. The van der Waals surface area contributed by atoms with Crippen LogP contribution in [0, 0.1) is 17.0 Å². The van der Waals surface area contributed by atoms with E-state index in [4.69, 9.17) is 0 Å². The summed E-state index contributed by atoms with van der Waals surface area (Å²) in [6, 6.07) is 4.58. The van der Waals surface area contributed by atoms with Gasteiger partial charge in [-0.25, -0.2) is 0 Å². The molecule has 0 saturated carbocycles. The summed E-state index contributed by atoms with van der Waals surface area (Å²) in [4.78, 5) is 24.9. The van der Waals surface area contributed by atoms with Crippen LogP contribution in [-0.2, 0) is 0 Å². The number of nitro benzene ring substituents is 1. The quantitative estimate of drug-likeness (QED) is 0.659. The normalized spacial score (nSPS) is 22.6. The molecule has 1 fully saturated rings. The lowest BCUT2D eigenvalue weighted by molar-refractivity contribution is -0.384. The third-order valence-electron chi connectivity index (χ3n) is 3.73. The number of hydrogen-bond acceptors (Lipinski definition) is 4. The summed E-state index contributed by atoms with van der Waals surface area (Å²) < 4.78 is 0. The number of nitro groups is 1. The Balaban J connectivity index is 2.37. The van der Waals surface area contributed by atoms with Crippen LogP contribution in [0.3, 0.4) is 0 Å². The van der Waals surface area contributed by atoms with E-state index in [1.165, 1.54) is 12.1 Å². The number of aryl methyl sites for hydroxylation is 1. The molecule has 20 heavy (non-hydrogen) atoms. The fourth-order valence-corrected chi connectivity index (χ4v) is 2.63. The Labute approximate surface area is 117 Å². The number of benzene rings is 1. The lowest BCUT2D eigenvalue weighted by atomic mass is 10.0. The predicted octanol–water partition coefficient (Wildman–Crippen LogP) is 1.73. The van der Waals surface area contributed by atoms with Gasteiger partial charge in [0.05, 0.1) is 4.92 Å². The first-order valence-electron chi connectivity index (χ1n) is 6.70. The van der Waals surface area contributed by atoms with Crippen molar-refractivity contribution in [2.45, 2.75) is 32.9 Å². The average Bonchev–Trinajstić information content (AvgIpc) is 2.38. The Morgan fingerprint density at radius 2 is 1.95 bits per heavy atom. The zero-order valence-electron chi connectivity index (χ0n) is 11.9. The fourth-order valence-electron chi connectivity index (χ4n) is 2.63. The summed E-state index contributed by atoms with van der Waals surface area (Å²) in [7, 11) is 0. The van der Waals surface area contributed by atoms with Gasteiger partial charge in [0.15, 0.2) is 0 Å². The molecule has 0 aromatic heterocycles. The van der Waals surface area contributed by atoms with Crippen LogP contribution < -0.4 is 5.32 Å². The van der Waals surface area contributed by atoms with Gasteiger partial charge in [0.1, 0.15) is 0 Å². The van der Waals surface area contributed by atoms with E-state index in [-0.39, 0.29) is 23.7 Å². The lowest BCUT2D eigenvalue weighted by Gasteiger charge is -2.39. The molecule has 1 aliphatic rings. The molecule has 1 amide bonds. The minimum absolute atomic E-state index is 0.0469. The molecule has 0 radical (unpaired) electrons. The second-order valence-corrected chi connectivity index (χ2v) is 5.33. The maximum absolute atomic E-state index is 12.7. The van der Waals surface area contributed by atoms with Gasteiger partial charge in [0, 0.05) is 42.9 Å². The van der Waals surface area contributed by atoms with Crippen molar-refractivity contribution in [2.75, 3.05) is 13.1 Å². The molecule has 0 aliphatic carbocycles. The molecule has 2 atom stereocenters. The third kappa shape index (κ3) is 2.65. The zero-order chi connectivity index (χ0) is 14.9. The van der Waals surface area contributed by atoms with Gasteiger partial charge < -0.3 is 10.2 Å². The molecule has 108 valence electrons. The number of non-ortho nitro benzene ring substituents is 1. The summed E-state index contributed by atoms with van der Waals surface area (Å²) in [5, 5.41) is 14.1. The highest BCUT2D eigenvalue weighted by Crippen LogP contribution is 2.22. The van der Waals surface area contributed by atoms with Gasteiger partial charge in [0.25, 0.3) is 11.6 Å². The van der Waals surface area contributed by atoms with Crippen LogP contribution in [0.5, 0.6) is 0 Å². The van der Waals surface area contributed by atoms with Crippen molar-refractivity contribution < 1.29 is 9.72 Å². The molecule has 2 unspecified atom stereocenters. The van der Waals surface area contributed by atoms with E-state index in [0.29, 0.717) is 5.56 Å². The highest BCUT2D eigenvalue weighted by Gasteiger charge is 2.30. The first kappa shape index (κ1) is 14.5. The molecule has 1 saturated heterocycles. The molecule has 2 rings (SSSR count). The Kier molecular flexibility index (Phi) is 4.04. The van der Waals surface area contributed by atoms with Crippen molar-refractivity contribution in [3.05, 3.63) is 39.4 Å². The molecule has 1 heterocycles. The molecule has 1 aliphatic heterocycles. The number of nitrogens with one attached hydrogen (secondary N) is 1. The number of carbonyl (C=O) groups excluding carboxylic acids is 1. The predicted molar refractivity (Wildman–Crippen MR) is 75.8 cm³/mol. The van der Waals surface area contributed by atoms with Gasteiger partial charge in [-0.3, -0.25) is 14.9 Å². The van der Waals surface area contributed by atoms with Crippen LogP contribution in [0.15, 0.2) is 18.2 Å². The van der Waals surface area contributed by atoms with Crippen LogP contribution >= 0.6 is 0 Å². The SMILES string of the molecule is Cc1ccc([N+](=O)[O-])cc1C(=O)N1C(C)CNCC1C. The number of hydrogen-bond donors (Lipinski definition) is 1. The zero-order valence-corrected chi connectivity index (χ0v) is 11.9. The van der Waals surface area contributed by atoms with Crippen LogP contribution in [0.1, 0.15) is 29.8 Å². The minimum Gasteiger partial charge on any atom is -0.331 e. The maximum atomic E-state index is 12.7. The van der Waals surface area contributed by atoms with Gasteiger partial charge in [-0.15, -0.1) is 0 Å². The van der Waals surface area contributed by atoms with Gasteiger partial charge >= 0.3 is 0 Å². The van der Waals surface area contributed by atoms with E-state index in [2.05, 4.69) is 5.32 Å². The highest BCUT2D eigenvalue weighted by atomic mass is 16.6. The first-order chi connectivity index (χ1) is 9.41. The molecule has 6 heteroatoms. The summed E-state index contributed by atoms with van der Waals surface area (Å²) in [6.07, 6.45) is 0. The molecule has 0 spiro atoms. The van der Waals surface area contributed by atoms with Crippen molar-refractivity contribution in [1.29, 1.82) is 0 Å². The van der Waals surface area contributed by atoms with Gasteiger partial charge in [-0.1, -0.05) is 6.07 Å². The second-order valence-electron chi connectivity index (χ2n) is 5.33. The summed E-state index contributed by atoms with van der Waals surface area (Å²) in [6.45, 7) is 7.24. The number of rotatable bonds is 2. The van der Waals surface area contributed by atoms with E-state index < -0.39 is 4.92 Å². The number of nitrogens with zero attached hydrogens (tertiary/aromatic N) is 2. The van der Waals surface area contributed by atoms with Gasteiger partial charge in [-0.2, -0.15) is 0 Å². The van der Waals surface area contributed by atoms with Crippen LogP contribution in [-0.4, -0.2) is 40.9 Å².